The summed E-state index contributed by atoms with van der Waals surface area (Å²) in [5.41, 5.74) is 2.49. The molecule has 1 saturated heterocycles. The molecule has 0 atom stereocenters. The number of hydrogen-bond acceptors (Lipinski definition) is 7. The summed E-state index contributed by atoms with van der Waals surface area (Å²) in [6.07, 6.45) is 9.86. The van der Waals surface area contributed by atoms with Crippen molar-refractivity contribution in [2.75, 3.05) is 38.2 Å². The van der Waals surface area contributed by atoms with Gasteiger partial charge >= 0.3 is 0 Å². The van der Waals surface area contributed by atoms with Crippen LogP contribution < -0.4 is 5.32 Å². The van der Waals surface area contributed by atoms with Crippen molar-refractivity contribution in [2.24, 2.45) is 0 Å². The highest BCUT2D eigenvalue weighted by atomic mass is 32.2. The number of rotatable bonds is 8. The van der Waals surface area contributed by atoms with Crippen LogP contribution in [0.25, 0.3) is 22.3 Å². The molecule has 188 valence electrons. The van der Waals surface area contributed by atoms with Gasteiger partial charge in [-0.2, -0.15) is 14.4 Å². The van der Waals surface area contributed by atoms with E-state index in [1.165, 1.54) is 23.6 Å². The minimum absolute atomic E-state index is 0.290. The van der Waals surface area contributed by atoms with Gasteiger partial charge in [0.15, 0.2) is 5.65 Å². The van der Waals surface area contributed by atoms with Crippen LogP contribution in [0.2, 0.25) is 0 Å². The highest BCUT2D eigenvalue weighted by Crippen LogP contribution is 2.34. The molecule has 2 aromatic heterocycles. The van der Waals surface area contributed by atoms with Crippen molar-refractivity contribution < 1.29 is 13.2 Å². The van der Waals surface area contributed by atoms with Gasteiger partial charge in [-0.3, -0.25) is 0 Å². The molecular formula is C25H34N6O3S. The standard InChI is InChI=1S/C25H34N6O3S/c1-2-3-13-26-25-27-18-22-23(29-31(24(22)28-25)20-7-5-4-6-8-20)19-9-11-21(12-10-19)35(32,33)30-14-16-34-17-15-30/h9-12,18,20H,2-8,13-17H2,1H3,(H,26,27,28). The third-order valence-electron chi connectivity index (χ3n) is 6.92. The van der Waals surface area contributed by atoms with Crippen molar-refractivity contribution >= 4 is 27.0 Å². The Kier molecular flexibility index (Phi) is 7.31. The number of nitrogens with zero attached hydrogens (tertiary/aromatic N) is 5. The lowest BCUT2D eigenvalue weighted by atomic mass is 9.96. The van der Waals surface area contributed by atoms with Gasteiger partial charge in [0.25, 0.3) is 0 Å². The largest absolute Gasteiger partial charge is 0.379 e. The van der Waals surface area contributed by atoms with E-state index in [2.05, 4.69) is 21.9 Å². The average molecular weight is 499 g/mol. The van der Waals surface area contributed by atoms with E-state index in [4.69, 9.17) is 14.8 Å². The molecule has 1 N–H and O–H groups in total. The number of ether oxygens (including phenoxy) is 1. The van der Waals surface area contributed by atoms with Crippen LogP contribution >= 0.6 is 0 Å². The maximum Gasteiger partial charge on any atom is 0.243 e. The molecule has 3 heterocycles. The molecule has 10 heteroatoms. The maximum atomic E-state index is 13.0. The van der Waals surface area contributed by atoms with Crippen molar-refractivity contribution in [3.63, 3.8) is 0 Å². The number of unbranched alkanes of at least 4 members (excludes halogenated alkanes) is 1. The van der Waals surface area contributed by atoms with Gasteiger partial charge in [-0.15, -0.1) is 0 Å². The Bertz CT molecular complexity index is 1250. The molecule has 0 unspecified atom stereocenters. The van der Waals surface area contributed by atoms with Crippen molar-refractivity contribution in [2.45, 2.75) is 62.8 Å². The minimum Gasteiger partial charge on any atom is -0.379 e. The average Bonchev–Trinajstić information content (AvgIpc) is 3.29. The van der Waals surface area contributed by atoms with Crippen LogP contribution in [0, 0.1) is 0 Å². The van der Waals surface area contributed by atoms with Crippen LogP contribution in [0.4, 0.5) is 5.95 Å². The predicted octanol–water partition coefficient (Wildman–Crippen LogP) is 4.23. The first-order valence-corrected chi connectivity index (χ1v) is 14.2. The lowest BCUT2D eigenvalue weighted by molar-refractivity contribution is 0.0730. The van der Waals surface area contributed by atoms with Crippen molar-refractivity contribution in [3.05, 3.63) is 30.5 Å². The normalized spacial score (nSPS) is 18.2. The van der Waals surface area contributed by atoms with Crippen LogP contribution in [0.1, 0.15) is 57.9 Å². The van der Waals surface area contributed by atoms with Crippen LogP contribution in [0.3, 0.4) is 0 Å². The fourth-order valence-electron chi connectivity index (χ4n) is 4.90. The first-order chi connectivity index (χ1) is 17.1. The first-order valence-electron chi connectivity index (χ1n) is 12.8. The van der Waals surface area contributed by atoms with E-state index in [-0.39, 0.29) is 4.90 Å². The van der Waals surface area contributed by atoms with Gasteiger partial charge in [0.1, 0.15) is 5.69 Å². The summed E-state index contributed by atoms with van der Waals surface area (Å²) in [5, 5.41) is 9.23. The van der Waals surface area contributed by atoms with Crippen molar-refractivity contribution in [1.29, 1.82) is 0 Å². The summed E-state index contributed by atoms with van der Waals surface area (Å²) in [6.45, 7) is 4.62. The van der Waals surface area contributed by atoms with Gasteiger partial charge in [0.2, 0.25) is 16.0 Å². The minimum atomic E-state index is -3.54. The van der Waals surface area contributed by atoms with Gasteiger partial charge in [0, 0.05) is 31.4 Å². The van der Waals surface area contributed by atoms with Gasteiger partial charge in [-0.05, 0) is 31.4 Å². The molecule has 1 aliphatic heterocycles. The lowest BCUT2D eigenvalue weighted by Crippen LogP contribution is -2.40. The molecule has 2 aliphatic rings. The van der Waals surface area contributed by atoms with Crippen molar-refractivity contribution in [3.8, 4) is 11.3 Å². The molecule has 0 bridgehead atoms. The summed E-state index contributed by atoms with van der Waals surface area (Å²) in [6, 6.07) is 7.35. The number of anilines is 1. The zero-order valence-corrected chi connectivity index (χ0v) is 21.1. The number of sulfonamides is 1. The maximum absolute atomic E-state index is 13.0. The molecule has 0 amide bonds. The van der Waals surface area contributed by atoms with E-state index in [9.17, 15) is 8.42 Å². The number of hydrogen-bond donors (Lipinski definition) is 1. The second kappa shape index (κ2) is 10.6. The first kappa shape index (κ1) is 24.1. The number of nitrogens with one attached hydrogen (secondary N) is 1. The number of fused-ring (bicyclic) bond motifs is 1. The second-order valence-electron chi connectivity index (χ2n) is 9.34. The van der Waals surface area contributed by atoms with Crippen molar-refractivity contribution in [1.82, 2.24) is 24.1 Å². The predicted molar refractivity (Wildman–Crippen MR) is 136 cm³/mol. The fourth-order valence-corrected chi connectivity index (χ4v) is 6.31. The summed E-state index contributed by atoms with van der Waals surface area (Å²) >= 11 is 0. The molecule has 1 saturated carbocycles. The lowest BCUT2D eigenvalue weighted by Gasteiger charge is -2.26. The molecule has 9 nitrogen and oxygen atoms in total. The number of morpholine rings is 1. The van der Waals surface area contributed by atoms with Crippen LogP contribution in [-0.4, -0.2) is 65.3 Å². The molecule has 1 aliphatic carbocycles. The molecule has 35 heavy (non-hydrogen) atoms. The molecule has 0 radical (unpaired) electrons. The molecule has 5 rings (SSSR count). The van der Waals surface area contributed by atoms with Crippen LogP contribution in [-0.2, 0) is 14.8 Å². The van der Waals surface area contributed by atoms with E-state index in [0.29, 0.717) is 38.3 Å². The van der Waals surface area contributed by atoms with E-state index in [0.717, 1.165) is 54.5 Å². The van der Waals surface area contributed by atoms with E-state index < -0.39 is 10.0 Å². The fraction of sp³-hybridized carbons (Fsp3) is 0.560. The smallest absolute Gasteiger partial charge is 0.243 e. The summed E-state index contributed by atoms with van der Waals surface area (Å²) < 4.78 is 34.9. The van der Waals surface area contributed by atoms with Gasteiger partial charge < -0.3 is 10.1 Å². The SMILES string of the molecule is CCCCNc1ncc2c(-c3ccc(S(=O)(=O)N4CCOCC4)cc3)nn(C3CCCCC3)c2n1. The molecule has 3 aromatic rings. The Morgan fingerprint density at radius 1 is 1.09 bits per heavy atom. The second-order valence-corrected chi connectivity index (χ2v) is 11.3. The van der Waals surface area contributed by atoms with E-state index in [1.807, 2.05) is 18.3 Å². The highest BCUT2D eigenvalue weighted by Gasteiger charge is 2.27. The van der Waals surface area contributed by atoms with Crippen LogP contribution in [0.5, 0.6) is 0 Å². The molecule has 1 aromatic carbocycles. The molecule has 2 fully saturated rings. The van der Waals surface area contributed by atoms with Gasteiger partial charge in [-0.1, -0.05) is 44.7 Å². The monoisotopic (exact) mass is 498 g/mol. The number of benzene rings is 1. The Balaban J connectivity index is 1.49. The molecule has 0 spiro atoms. The van der Waals surface area contributed by atoms with E-state index in [1.54, 1.807) is 12.1 Å². The van der Waals surface area contributed by atoms with Gasteiger partial charge in [0.05, 0.1) is 29.5 Å². The third-order valence-corrected chi connectivity index (χ3v) is 8.83. The zero-order chi connectivity index (χ0) is 24.3. The highest BCUT2D eigenvalue weighted by molar-refractivity contribution is 7.89. The summed E-state index contributed by atoms with van der Waals surface area (Å²) in [4.78, 5) is 9.69. The van der Waals surface area contributed by atoms with Gasteiger partial charge in [-0.25, -0.2) is 18.1 Å². The van der Waals surface area contributed by atoms with Crippen LogP contribution in [0.15, 0.2) is 35.4 Å². The Hall–Kier alpha value is -2.56. The molecular weight excluding hydrogens is 464 g/mol. The topological polar surface area (TPSA) is 102 Å². The summed E-state index contributed by atoms with van der Waals surface area (Å²) in [5.74, 6) is 0.626. The Morgan fingerprint density at radius 2 is 1.83 bits per heavy atom. The zero-order valence-electron chi connectivity index (χ0n) is 20.3. The Morgan fingerprint density at radius 3 is 2.54 bits per heavy atom. The van der Waals surface area contributed by atoms with E-state index >= 15 is 0 Å². The quantitative estimate of drug-likeness (QED) is 0.464. The summed E-state index contributed by atoms with van der Waals surface area (Å²) in [7, 11) is -3.54. The third kappa shape index (κ3) is 5.05. The Labute approximate surface area is 206 Å². The number of aromatic nitrogens is 4.